The van der Waals surface area contributed by atoms with Crippen LogP contribution in [-0.2, 0) is 0 Å². The molecule has 0 bridgehead atoms. The molecule has 35 heavy (non-hydrogen) atoms. The Morgan fingerprint density at radius 3 is 2.51 bits per heavy atom. The molecule has 0 radical (unpaired) electrons. The molecular formula is C26H23FN4O3S. The van der Waals surface area contributed by atoms with Gasteiger partial charge in [-0.1, -0.05) is 5.16 Å². The molecule has 4 aromatic rings. The van der Waals surface area contributed by atoms with Gasteiger partial charge in [0.1, 0.15) is 5.82 Å². The number of carbonyl (C=O) groups excluding carboxylic acids is 2. The van der Waals surface area contributed by atoms with E-state index >= 15 is 0 Å². The molecule has 2 aromatic carbocycles. The van der Waals surface area contributed by atoms with Gasteiger partial charge in [-0.2, -0.15) is 11.8 Å². The molecule has 0 saturated carbocycles. The molecule has 1 N–H and O–H groups in total. The van der Waals surface area contributed by atoms with E-state index in [0.717, 1.165) is 30.2 Å². The quantitative estimate of drug-likeness (QED) is 0.429. The number of aryl methyl sites for hydroxylation is 2. The third-order valence-electron chi connectivity index (χ3n) is 6.02. The Balaban J connectivity index is 1.45. The monoisotopic (exact) mass is 490 g/mol. The number of hydrogen-bond acceptors (Lipinski definition) is 6. The smallest absolute Gasteiger partial charge is 0.259 e. The second kappa shape index (κ2) is 9.50. The van der Waals surface area contributed by atoms with Gasteiger partial charge in [0, 0.05) is 41.4 Å². The van der Waals surface area contributed by atoms with Crippen LogP contribution < -0.4 is 5.32 Å². The van der Waals surface area contributed by atoms with Crippen molar-refractivity contribution in [2.75, 3.05) is 29.9 Å². The van der Waals surface area contributed by atoms with Crippen LogP contribution in [0.4, 0.5) is 10.1 Å². The Morgan fingerprint density at radius 2 is 1.80 bits per heavy atom. The lowest BCUT2D eigenvalue weighted by Gasteiger charge is -2.26. The molecule has 2 aromatic heterocycles. The van der Waals surface area contributed by atoms with Gasteiger partial charge in [0.05, 0.1) is 22.3 Å². The molecule has 0 spiro atoms. The van der Waals surface area contributed by atoms with Crippen LogP contribution in [0.15, 0.2) is 53.1 Å². The Morgan fingerprint density at radius 1 is 1.06 bits per heavy atom. The number of carbonyl (C=O) groups is 2. The van der Waals surface area contributed by atoms with Crippen molar-refractivity contribution in [2.24, 2.45) is 0 Å². The summed E-state index contributed by atoms with van der Waals surface area (Å²) in [6.45, 7) is 5.09. The fraction of sp³-hybridized carbons (Fsp3) is 0.231. The Kier molecular flexibility index (Phi) is 6.25. The Hall–Kier alpha value is -3.72. The first-order chi connectivity index (χ1) is 16.9. The second-order valence-corrected chi connectivity index (χ2v) is 9.62. The molecule has 1 fully saturated rings. The van der Waals surface area contributed by atoms with Gasteiger partial charge in [-0.15, -0.1) is 0 Å². The number of thioether (sulfide) groups is 1. The average molecular weight is 491 g/mol. The molecule has 7 nitrogen and oxygen atoms in total. The van der Waals surface area contributed by atoms with Crippen molar-refractivity contribution in [3.05, 3.63) is 76.7 Å². The molecule has 0 atom stereocenters. The topological polar surface area (TPSA) is 88.3 Å². The lowest BCUT2D eigenvalue weighted by Crippen LogP contribution is -2.37. The SMILES string of the molecule is Cc1cc(C(=O)N2CCSCC2)ccc1NC(=O)c1cc(-c2ccc(F)cc2)nc2onc(C)c12. The fourth-order valence-corrected chi connectivity index (χ4v) is 5.02. The number of nitrogens with one attached hydrogen (secondary N) is 1. The predicted octanol–water partition coefficient (Wildman–Crippen LogP) is 5.09. The molecule has 9 heteroatoms. The zero-order valence-corrected chi connectivity index (χ0v) is 20.1. The number of pyridine rings is 1. The molecule has 3 heterocycles. The van der Waals surface area contributed by atoms with E-state index in [1.807, 2.05) is 23.6 Å². The molecular weight excluding hydrogens is 467 g/mol. The van der Waals surface area contributed by atoms with Crippen LogP contribution in [0.25, 0.3) is 22.4 Å². The van der Waals surface area contributed by atoms with Crippen LogP contribution in [0.5, 0.6) is 0 Å². The number of halogens is 1. The summed E-state index contributed by atoms with van der Waals surface area (Å²) in [6.07, 6.45) is 0. The van der Waals surface area contributed by atoms with Gasteiger partial charge in [0.15, 0.2) is 0 Å². The van der Waals surface area contributed by atoms with Crippen molar-refractivity contribution in [1.29, 1.82) is 0 Å². The number of rotatable bonds is 4. The second-order valence-electron chi connectivity index (χ2n) is 8.40. The lowest BCUT2D eigenvalue weighted by molar-refractivity contribution is 0.0772. The highest BCUT2D eigenvalue weighted by Crippen LogP contribution is 2.28. The van der Waals surface area contributed by atoms with Gasteiger partial charge in [-0.05, 0) is 67.9 Å². The highest BCUT2D eigenvalue weighted by Gasteiger charge is 2.22. The van der Waals surface area contributed by atoms with E-state index < -0.39 is 0 Å². The van der Waals surface area contributed by atoms with E-state index in [-0.39, 0.29) is 23.3 Å². The van der Waals surface area contributed by atoms with Crippen LogP contribution >= 0.6 is 11.8 Å². The van der Waals surface area contributed by atoms with Crippen molar-refractivity contribution >= 4 is 40.4 Å². The summed E-state index contributed by atoms with van der Waals surface area (Å²) in [4.78, 5) is 32.6. The maximum Gasteiger partial charge on any atom is 0.259 e. The minimum atomic E-state index is -0.361. The summed E-state index contributed by atoms with van der Waals surface area (Å²) in [5.74, 6) is 1.18. The van der Waals surface area contributed by atoms with Crippen LogP contribution in [0.1, 0.15) is 32.0 Å². The highest BCUT2D eigenvalue weighted by atomic mass is 32.2. The van der Waals surface area contributed by atoms with Crippen LogP contribution in [0.2, 0.25) is 0 Å². The van der Waals surface area contributed by atoms with Crippen molar-refractivity contribution in [3.63, 3.8) is 0 Å². The number of nitrogens with zero attached hydrogens (tertiary/aromatic N) is 3. The summed E-state index contributed by atoms with van der Waals surface area (Å²) in [5, 5.41) is 7.43. The van der Waals surface area contributed by atoms with Gasteiger partial charge in [0.25, 0.3) is 17.5 Å². The van der Waals surface area contributed by atoms with Crippen molar-refractivity contribution in [2.45, 2.75) is 13.8 Å². The third kappa shape index (κ3) is 4.64. The minimum Gasteiger partial charge on any atom is -0.337 e. The maximum absolute atomic E-state index is 13.4. The van der Waals surface area contributed by atoms with E-state index in [4.69, 9.17) is 4.52 Å². The lowest BCUT2D eigenvalue weighted by atomic mass is 10.0. The van der Waals surface area contributed by atoms with Crippen molar-refractivity contribution < 1.29 is 18.5 Å². The van der Waals surface area contributed by atoms with Crippen LogP contribution in [-0.4, -0.2) is 51.5 Å². The number of fused-ring (bicyclic) bond motifs is 1. The van der Waals surface area contributed by atoms with Gasteiger partial charge in [-0.3, -0.25) is 9.59 Å². The molecule has 1 aliphatic rings. The molecule has 1 saturated heterocycles. The molecule has 5 rings (SSSR count). The number of benzene rings is 2. The standard InChI is InChI=1S/C26H23FN4O3S/c1-15-13-18(26(33)31-9-11-35-12-10-31)5-8-21(15)28-24(32)20-14-22(17-3-6-19(27)7-4-17)29-25-23(20)16(2)30-34-25/h3-8,13-14H,9-12H2,1-2H3,(H,28,32). The number of hydrogen-bond donors (Lipinski definition) is 1. The molecule has 0 aliphatic carbocycles. The molecule has 2 amide bonds. The van der Waals surface area contributed by atoms with E-state index in [1.54, 1.807) is 43.3 Å². The predicted molar refractivity (Wildman–Crippen MR) is 134 cm³/mol. The normalized spacial score (nSPS) is 13.7. The minimum absolute atomic E-state index is 0.00570. The number of anilines is 1. The average Bonchev–Trinajstić information content (AvgIpc) is 3.25. The first-order valence-electron chi connectivity index (χ1n) is 11.2. The maximum atomic E-state index is 13.4. The zero-order valence-electron chi connectivity index (χ0n) is 19.3. The van der Waals surface area contributed by atoms with E-state index in [1.165, 1.54) is 12.1 Å². The van der Waals surface area contributed by atoms with E-state index in [9.17, 15) is 14.0 Å². The van der Waals surface area contributed by atoms with Crippen molar-refractivity contribution in [1.82, 2.24) is 15.0 Å². The van der Waals surface area contributed by atoms with E-state index in [0.29, 0.717) is 39.2 Å². The van der Waals surface area contributed by atoms with Gasteiger partial charge in [-0.25, -0.2) is 9.37 Å². The number of amides is 2. The molecule has 1 aliphatic heterocycles. The first kappa shape index (κ1) is 23.0. The van der Waals surface area contributed by atoms with Gasteiger partial charge in [0.2, 0.25) is 0 Å². The van der Waals surface area contributed by atoms with Crippen molar-refractivity contribution in [3.8, 4) is 11.3 Å². The highest BCUT2D eigenvalue weighted by molar-refractivity contribution is 7.99. The zero-order chi connectivity index (χ0) is 24.5. The van der Waals surface area contributed by atoms with Crippen LogP contribution in [0, 0.1) is 19.7 Å². The summed E-state index contributed by atoms with van der Waals surface area (Å²) in [6, 6.07) is 12.8. The van der Waals surface area contributed by atoms with Gasteiger partial charge < -0.3 is 14.7 Å². The van der Waals surface area contributed by atoms with Crippen LogP contribution in [0.3, 0.4) is 0 Å². The summed E-state index contributed by atoms with van der Waals surface area (Å²) in [5.41, 5.74) is 4.21. The largest absolute Gasteiger partial charge is 0.337 e. The Bertz CT molecular complexity index is 1430. The summed E-state index contributed by atoms with van der Waals surface area (Å²) in [7, 11) is 0. The Labute approximate surface area is 205 Å². The molecule has 0 unspecified atom stereocenters. The molecule has 178 valence electrons. The fourth-order valence-electron chi connectivity index (χ4n) is 4.12. The third-order valence-corrected chi connectivity index (χ3v) is 6.96. The number of aromatic nitrogens is 2. The van der Waals surface area contributed by atoms with Gasteiger partial charge >= 0.3 is 0 Å². The van der Waals surface area contributed by atoms with E-state index in [2.05, 4.69) is 15.5 Å². The summed E-state index contributed by atoms with van der Waals surface area (Å²) < 4.78 is 18.7. The first-order valence-corrected chi connectivity index (χ1v) is 12.4. The summed E-state index contributed by atoms with van der Waals surface area (Å²) >= 11 is 1.85.